The molecule has 1 N–H and O–H groups in total. The second-order valence-corrected chi connectivity index (χ2v) is 5.82. The zero-order valence-corrected chi connectivity index (χ0v) is 12.1. The lowest BCUT2D eigenvalue weighted by Crippen LogP contribution is -2.44. The van der Waals surface area contributed by atoms with Gasteiger partial charge in [-0.05, 0) is 44.7 Å². The van der Waals surface area contributed by atoms with Crippen LogP contribution in [0.1, 0.15) is 31.7 Å². The van der Waals surface area contributed by atoms with Gasteiger partial charge in [0.2, 0.25) is 0 Å². The van der Waals surface area contributed by atoms with Gasteiger partial charge in [-0.3, -0.25) is 5.32 Å². The van der Waals surface area contributed by atoms with Crippen molar-refractivity contribution in [3.63, 3.8) is 0 Å². The van der Waals surface area contributed by atoms with E-state index in [1.165, 1.54) is 24.1 Å². The van der Waals surface area contributed by atoms with Crippen LogP contribution >= 0.6 is 0 Å². The van der Waals surface area contributed by atoms with E-state index >= 15 is 0 Å². The monoisotopic (exact) mass is 257 g/mol. The maximum Gasteiger partial charge on any atom is 0.105 e. The van der Waals surface area contributed by atoms with Crippen LogP contribution in [0.25, 0.3) is 0 Å². The van der Waals surface area contributed by atoms with E-state index in [4.69, 9.17) is 0 Å². The number of nitriles is 1. The molecular weight excluding hydrogens is 234 g/mol. The van der Waals surface area contributed by atoms with Crippen molar-refractivity contribution in [3.8, 4) is 6.07 Å². The van der Waals surface area contributed by atoms with Crippen molar-refractivity contribution < 1.29 is 0 Å². The average molecular weight is 257 g/mol. The highest BCUT2D eigenvalue weighted by molar-refractivity contribution is 5.52. The minimum Gasteiger partial charge on any atom is -0.374 e. The molecule has 0 aliphatic heterocycles. The van der Waals surface area contributed by atoms with Gasteiger partial charge in [-0.2, -0.15) is 5.26 Å². The number of benzene rings is 1. The van der Waals surface area contributed by atoms with E-state index in [1.54, 1.807) is 0 Å². The fourth-order valence-corrected chi connectivity index (χ4v) is 2.34. The third kappa shape index (κ3) is 3.71. The van der Waals surface area contributed by atoms with Crippen molar-refractivity contribution in [1.29, 1.82) is 5.26 Å². The molecule has 0 bridgehead atoms. The molecule has 0 radical (unpaired) electrons. The Labute approximate surface area is 116 Å². The molecule has 1 fully saturated rings. The second kappa shape index (κ2) is 5.63. The van der Waals surface area contributed by atoms with Crippen LogP contribution < -0.4 is 10.2 Å². The average Bonchev–Trinajstić information content (AvgIpc) is 3.20. The molecule has 0 amide bonds. The first-order chi connectivity index (χ1) is 9.04. The van der Waals surface area contributed by atoms with Gasteiger partial charge >= 0.3 is 0 Å². The molecule has 0 aromatic heterocycles. The Morgan fingerprint density at radius 3 is 2.68 bits per heavy atom. The third-order valence-corrected chi connectivity index (χ3v) is 3.82. The highest BCUT2D eigenvalue weighted by Crippen LogP contribution is 2.25. The van der Waals surface area contributed by atoms with E-state index in [1.807, 2.05) is 6.92 Å². The van der Waals surface area contributed by atoms with Crippen molar-refractivity contribution in [2.24, 2.45) is 0 Å². The SMILES string of the molecule is Cc1ccccc1N(C)CCC(C)(C#N)NC1CC1. The number of anilines is 1. The Bertz CT molecular complexity index is 473. The Hall–Kier alpha value is -1.53. The Morgan fingerprint density at radius 1 is 1.42 bits per heavy atom. The summed E-state index contributed by atoms with van der Waals surface area (Å²) in [5.41, 5.74) is 2.12. The lowest BCUT2D eigenvalue weighted by Gasteiger charge is -2.28. The molecule has 1 aliphatic carbocycles. The van der Waals surface area contributed by atoms with Crippen molar-refractivity contribution in [2.45, 2.75) is 44.7 Å². The highest BCUT2D eigenvalue weighted by Gasteiger charge is 2.32. The van der Waals surface area contributed by atoms with Gasteiger partial charge in [-0.1, -0.05) is 18.2 Å². The van der Waals surface area contributed by atoms with E-state index in [0.29, 0.717) is 6.04 Å². The molecular formula is C16H23N3. The van der Waals surface area contributed by atoms with Crippen LogP contribution in [0.5, 0.6) is 0 Å². The molecule has 1 aliphatic rings. The molecule has 19 heavy (non-hydrogen) atoms. The van der Waals surface area contributed by atoms with Gasteiger partial charge < -0.3 is 4.90 Å². The fourth-order valence-electron chi connectivity index (χ4n) is 2.34. The summed E-state index contributed by atoms with van der Waals surface area (Å²) in [6.45, 7) is 5.02. The Balaban J connectivity index is 1.93. The molecule has 1 aromatic carbocycles. The van der Waals surface area contributed by atoms with Crippen LogP contribution in [0.15, 0.2) is 24.3 Å². The van der Waals surface area contributed by atoms with E-state index in [0.717, 1.165) is 13.0 Å². The molecule has 1 aromatic rings. The lowest BCUT2D eigenvalue weighted by molar-refractivity contribution is 0.417. The molecule has 0 spiro atoms. The largest absolute Gasteiger partial charge is 0.374 e. The first-order valence-corrected chi connectivity index (χ1v) is 7.00. The summed E-state index contributed by atoms with van der Waals surface area (Å²) in [4.78, 5) is 2.24. The zero-order chi connectivity index (χ0) is 13.9. The minimum absolute atomic E-state index is 0.405. The Morgan fingerprint density at radius 2 is 2.11 bits per heavy atom. The lowest BCUT2D eigenvalue weighted by atomic mass is 9.99. The van der Waals surface area contributed by atoms with Gasteiger partial charge in [0, 0.05) is 25.3 Å². The standard InChI is InChI=1S/C16H23N3/c1-13-6-4-5-7-15(13)19(3)11-10-16(2,12-17)18-14-8-9-14/h4-7,14,18H,8-11H2,1-3H3. The van der Waals surface area contributed by atoms with Gasteiger partial charge in [0.1, 0.15) is 5.54 Å². The van der Waals surface area contributed by atoms with Gasteiger partial charge in [0.05, 0.1) is 6.07 Å². The quantitative estimate of drug-likeness (QED) is 0.851. The smallest absolute Gasteiger partial charge is 0.105 e. The summed E-state index contributed by atoms with van der Waals surface area (Å²) in [5.74, 6) is 0. The summed E-state index contributed by atoms with van der Waals surface area (Å²) in [6.07, 6.45) is 3.26. The predicted molar refractivity (Wildman–Crippen MR) is 79.2 cm³/mol. The second-order valence-electron chi connectivity index (χ2n) is 5.82. The van der Waals surface area contributed by atoms with Gasteiger partial charge in [-0.25, -0.2) is 0 Å². The van der Waals surface area contributed by atoms with Gasteiger partial charge in [0.15, 0.2) is 0 Å². The number of para-hydroxylation sites is 1. The first kappa shape index (κ1) is 13.9. The van der Waals surface area contributed by atoms with Crippen molar-refractivity contribution in [3.05, 3.63) is 29.8 Å². The van der Waals surface area contributed by atoms with E-state index < -0.39 is 5.54 Å². The number of rotatable bonds is 6. The topological polar surface area (TPSA) is 39.1 Å². The normalized spacial score (nSPS) is 17.6. The summed E-state index contributed by atoms with van der Waals surface area (Å²) >= 11 is 0. The van der Waals surface area contributed by atoms with E-state index in [-0.39, 0.29) is 0 Å². The van der Waals surface area contributed by atoms with Crippen LogP contribution in [-0.4, -0.2) is 25.2 Å². The zero-order valence-electron chi connectivity index (χ0n) is 12.1. The highest BCUT2D eigenvalue weighted by atomic mass is 15.1. The van der Waals surface area contributed by atoms with Crippen LogP contribution in [-0.2, 0) is 0 Å². The van der Waals surface area contributed by atoms with Crippen molar-refractivity contribution >= 4 is 5.69 Å². The van der Waals surface area contributed by atoms with Gasteiger partial charge in [-0.15, -0.1) is 0 Å². The number of hydrogen-bond acceptors (Lipinski definition) is 3. The number of hydrogen-bond donors (Lipinski definition) is 1. The van der Waals surface area contributed by atoms with Crippen LogP contribution in [0.4, 0.5) is 5.69 Å². The molecule has 3 heteroatoms. The molecule has 0 heterocycles. The van der Waals surface area contributed by atoms with Crippen molar-refractivity contribution in [2.75, 3.05) is 18.5 Å². The molecule has 2 rings (SSSR count). The van der Waals surface area contributed by atoms with Crippen LogP contribution in [0.2, 0.25) is 0 Å². The number of aryl methyl sites for hydroxylation is 1. The maximum absolute atomic E-state index is 9.37. The molecule has 102 valence electrons. The van der Waals surface area contributed by atoms with E-state index in [9.17, 15) is 5.26 Å². The number of nitrogens with zero attached hydrogens (tertiary/aromatic N) is 2. The Kier molecular flexibility index (Phi) is 4.11. The molecule has 1 saturated carbocycles. The van der Waals surface area contributed by atoms with Crippen LogP contribution in [0.3, 0.4) is 0 Å². The summed E-state index contributed by atoms with van der Waals surface area (Å²) < 4.78 is 0. The maximum atomic E-state index is 9.37. The fraction of sp³-hybridized carbons (Fsp3) is 0.562. The molecule has 3 nitrogen and oxygen atoms in total. The molecule has 0 saturated heterocycles. The van der Waals surface area contributed by atoms with Gasteiger partial charge in [0.25, 0.3) is 0 Å². The number of nitrogens with one attached hydrogen (secondary N) is 1. The summed E-state index contributed by atoms with van der Waals surface area (Å²) in [7, 11) is 2.09. The third-order valence-electron chi connectivity index (χ3n) is 3.82. The molecule has 1 unspecified atom stereocenters. The summed E-state index contributed by atoms with van der Waals surface area (Å²) in [6, 6.07) is 11.4. The van der Waals surface area contributed by atoms with Crippen molar-refractivity contribution in [1.82, 2.24) is 5.32 Å². The summed E-state index contributed by atoms with van der Waals surface area (Å²) in [5, 5.41) is 12.8. The first-order valence-electron chi connectivity index (χ1n) is 7.00. The van der Waals surface area contributed by atoms with Crippen LogP contribution in [0, 0.1) is 18.3 Å². The minimum atomic E-state index is -0.405. The van der Waals surface area contributed by atoms with E-state index in [2.05, 4.69) is 54.5 Å². The predicted octanol–water partition coefficient (Wildman–Crippen LogP) is 2.86. The molecule has 1 atom stereocenters.